The monoisotopic (exact) mass is 376 g/mol. The zero-order valence-electron chi connectivity index (χ0n) is 11.8. The van der Waals surface area contributed by atoms with Crippen LogP contribution < -0.4 is 10.5 Å². The molecule has 0 saturated carbocycles. The second-order valence-electron chi connectivity index (χ2n) is 5.44. The molecule has 1 heterocycles. The molecule has 21 heavy (non-hydrogen) atoms. The van der Waals surface area contributed by atoms with Crippen molar-refractivity contribution in [3.05, 3.63) is 27.7 Å². The number of nitrogens with one attached hydrogen (secondary N) is 1. The summed E-state index contributed by atoms with van der Waals surface area (Å²) in [6, 6.07) is 2.97. The largest absolute Gasteiger partial charge is 0.379 e. The van der Waals surface area contributed by atoms with E-state index in [2.05, 4.69) is 21.2 Å². The van der Waals surface area contributed by atoms with Crippen LogP contribution >= 0.6 is 15.9 Å². The van der Waals surface area contributed by atoms with Gasteiger partial charge in [0.1, 0.15) is 0 Å². The van der Waals surface area contributed by atoms with Gasteiger partial charge in [-0.2, -0.15) is 0 Å². The van der Waals surface area contributed by atoms with Crippen molar-refractivity contribution in [2.75, 3.05) is 13.2 Å². The van der Waals surface area contributed by atoms with E-state index in [4.69, 9.17) is 9.88 Å². The van der Waals surface area contributed by atoms with E-state index in [9.17, 15) is 13.2 Å². The fourth-order valence-corrected chi connectivity index (χ4v) is 3.73. The molecular formula is C13H17BrN2O4S. The fraction of sp³-hybridized carbons (Fsp3) is 0.462. The van der Waals surface area contributed by atoms with Crippen LogP contribution in [0, 0.1) is 6.92 Å². The Morgan fingerprint density at radius 1 is 1.48 bits per heavy atom. The van der Waals surface area contributed by atoms with E-state index < -0.39 is 15.6 Å². The smallest absolute Gasteiger partial charge is 0.252 e. The first-order valence-electron chi connectivity index (χ1n) is 6.36. The molecule has 8 heteroatoms. The van der Waals surface area contributed by atoms with Crippen LogP contribution in [-0.4, -0.2) is 33.1 Å². The Labute approximate surface area is 132 Å². The van der Waals surface area contributed by atoms with Crippen LogP contribution in [-0.2, 0) is 14.8 Å². The number of benzene rings is 1. The second kappa shape index (κ2) is 5.68. The van der Waals surface area contributed by atoms with Crippen LogP contribution in [0.25, 0.3) is 0 Å². The normalized spacial score (nSPS) is 22.3. The number of carbonyl (C=O) groups excluding carboxylic acids is 1. The average Bonchev–Trinajstić information content (AvgIpc) is 2.76. The molecule has 0 aliphatic carbocycles. The molecule has 2 rings (SSSR count). The number of primary sulfonamides is 1. The molecule has 0 aromatic heterocycles. The molecule has 1 unspecified atom stereocenters. The number of hydrogen-bond donors (Lipinski definition) is 2. The number of amides is 1. The first-order chi connectivity index (χ1) is 9.62. The number of sulfonamides is 1. The zero-order valence-corrected chi connectivity index (χ0v) is 14.2. The van der Waals surface area contributed by atoms with Gasteiger partial charge in [0.25, 0.3) is 5.91 Å². The molecule has 1 atom stereocenters. The predicted octanol–water partition coefficient (Wildman–Crippen LogP) is 1.31. The SMILES string of the molecule is Cc1c(C(=O)NC2(C)CCOC2)cc(Br)cc1S(N)(=O)=O. The van der Waals surface area contributed by atoms with Crippen molar-refractivity contribution in [2.24, 2.45) is 5.14 Å². The maximum Gasteiger partial charge on any atom is 0.252 e. The van der Waals surface area contributed by atoms with Crippen molar-refractivity contribution in [3.63, 3.8) is 0 Å². The van der Waals surface area contributed by atoms with E-state index in [1.54, 1.807) is 13.0 Å². The molecule has 1 fully saturated rings. The molecular weight excluding hydrogens is 360 g/mol. The van der Waals surface area contributed by atoms with Gasteiger partial charge in [0, 0.05) is 16.6 Å². The summed E-state index contributed by atoms with van der Waals surface area (Å²) in [6.45, 7) is 4.49. The van der Waals surface area contributed by atoms with E-state index in [0.29, 0.717) is 29.7 Å². The van der Waals surface area contributed by atoms with Crippen molar-refractivity contribution in [3.8, 4) is 0 Å². The standard InChI is InChI=1S/C13H17BrN2O4S/c1-8-10(5-9(14)6-11(8)21(15,18)19)12(17)16-13(2)3-4-20-7-13/h5-6H,3-4,7H2,1-2H3,(H,16,17)(H2,15,18,19). The number of nitrogens with two attached hydrogens (primary N) is 1. The predicted molar refractivity (Wildman–Crippen MR) is 81.6 cm³/mol. The van der Waals surface area contributed by atoms with Gasteiger partial charge in [-0.25, -0.2) is 13.6 Å². The van der Waals surface area contributed by atoms with E-state index >= 15 is 0 Å². The van der Waals surface area contributed by atoms with E-state index in [1.165, 1.54) is 6.07 Å². The molecule has 0 radical (unpaired) electrons. The topological polar surface area (TPSA) is 98.5 Å². The third-order valence-corrected chi connectivity index (χ3v) is 5.01. The highest BCUT2D eigenvalue weighted by Gasteiger charge is 2.32. The minimum atomic E-state index is -3.89. The lowest BCUT2D eigenvalue weighted by atomic mass is 10.00. The van der Waals surface area contributed by atoms with Crippen LogP contribution in [0.5, 0.6) is 0 Å². The third-order valence-electron chi connectivity index (χ3n) is 3.51. The van der Waals surface area contributed by atoms with Crippen LogP contribution in [0.2, 0.25) is 0 Å². The first kappa shape index (κ1) is 16.4. The summed E-state index contributed by atoms with van der Waals surface area (Å²) in [4.78, 5) is 12.4. The molecule has 1 aromatic rings. The van der Waals surface area contributed by atoms with Crippen molar-refractivity contribution >= 4 is 31.9 Å². The lowest BCUT2D eigenvalue weighted by Crippen LogP contribution is -2.46. The van der Waals surface area contributed by atoms with Gasteiger partial charge in [-0.15, -0.1) is 0 Å². The summed E-state index contributed by atoms with van der Waals surface area (Å²) in [6.07, 6.45) is 0.716. The lowest BCUT2D eigenvalue weighted by Gasteiger charge is -2.24. The molecule has 0 bridgehead atoms. The van der Waals surface area contributed by atoms with Crippen molar-refractivity contribution in [2.45, 2.75) is 30.7 Å². The Balaban J connectivity index is 2.40. The Bertz CT molecular complexity index is 682. The van der Waals surface area contributed by atoms with Crippen LogP contribution in [0.4, 0.5) is 0 Å². The third kappa shape index (κ3) is 3.63. The second-order valence-corrected chi connectivity index (χ2v) is 7.88. The Morgan fingerprint density at radius 3 is 2.67 bits per heavy atom. The first-order valence-corrected chi connectivity index (χ1v) is 8.69. The Morgan fingerprint density at radius 2 is 2.14 bits per heavy atom. The molecule has 6 nitrogen and oxygen atoms in total. The number of hydrogen-bond acceptors (Lipinski definition) is 4. The highest BCUT2D eigenvalue weighted by Crippen LogP contribution is 2.25. The highest BCUT2D eigenvalue weighted by molar-refractivity contribution is 9.10. The zero-order chi connectivity index (χ0) is 15.8. The number of halogens is 1. The van der Waals surface area contributed by atoms with Crippen LogP contribution in [0.15, 0.2) is 21.5 Å². The quantitative estimate of drug-likeness (QED) is 0.830. The number of carbonyl (C=O) groups is 1. The van der Waals surface area contributed by atoms with Crippen molar-refractivity contribution in [1.29, 1.82) is 0 Å². The van der Waals surface area contributed by atoms with Crippen molar-refractivity contribution in [1.82, 2.24) is 5.32 Å². The number of rotatable bonds is 3. The summed E-state index contributed by atoms with van der Waals surface area (Å²) < 4.78 is 29.0. The number of ether oxygens (including phenoxy) is 1. The molecule has 1 saturated heterocycles. The molecule has 1 aliphatic heterocycles. The van der Waals surface area contributed by atoms with Gasteiger partial charge < -0.3 is 10.1 Å². The Hall–Kier alpha value is -0.960. The summed E-state index contributed by atoms with van der Waals surface area (Å²) in [5.74, 6) is -0.341. The van der Waals surface area contributed by atoms with Gasteiger partial charge in [0.15, 0.2) is 0 Å². The molecule has 1 aromatic carbocycles. The highest BCUT2D eigenvalue weighted by atomic mass is 79.9. The van der Waals surface area contributed by atoms with Gasteiger partial charge >= 0.3 is 0 Å². The molecule has 0 spiro atoms. The van der Waals surface area contributed by atoms with E-state index in [1.807, 2.05) is 6.92 Å². The summed E-state index contributed by atoms with van der Waals surface area (Å²) in [5, 5.41) is 8.08. The summed E-state index contributed by atoms with van der Waals surface area (Å²) in [5.41, 5.74) is 0.176. The maximum absolute atomic E-state index is 12.4. The fourth-order valence-electron chi connectivity index (χ4n) is 2.29. The molecule has 3 N–H and O–H groups in total. The molecule has 116 valence electrons. The molecule has 1 amide bonds. The van der Waals surface area contributed by atoms with Gasteiger partial charge in [-0.05, 0) is 38.0 Å². The van der Waals surface area contributed by atoms with Gasteiger partial charge in [-0.1, -0.05) is 15.9 Å². The lowest BCUT2D eigenvalue weighted by molar-refractivity contribution is 0.0889. The maximum atomic E-state index is 12.4. The van der Waals surface area contributed by atoms with E-state index in [0.717, 1.165) is 0 Å². The van der Waals surface area contributed by atoms with Crippen molar-refractivity contribution < 1.29 is 17.9 Å². The van der Waals surface area contributed by atoms with E-state index in [-0.39, 0.29) is 16.4 Å². The summed E-state index contributed by atoms with van der Waals surface area (Å²) >= 11 is 3.21. The van der Waals surface area contributed by atoms with Crippen LogP contribution in [0.1, 0.15) is 29.3 Å². The average molecular weight is 377 g/mol. The van der Waals surface area contributed by atoms with Gasteiger partial charge in [-0.3, -0.25) is 4.79 Å². The minimum absolute atomic E-state index is 0.0603. The molecule has 1 aliphatic rings. The minimum Gasteiger partial charge on any atom is -0.379 e. The summed E-state index contributed by atoms with van der Waals surface area (Å²) in [7, 11) is -3.89. The van der Waals surface area contributed by atoms with Gasteiger partial charge in [0.05, 0.1) is 17.0 Å². The Kier molecular flexibility index (Phi) is 4.44. The van der Waals surface area contributed by atoms with Gasteiger partial charge in [0.2, 0.25) is 10.0 Å². The van der Waals surface area contributed by atoms with Crippen LogP contribution in [0.3, 0.4) is 0 Å².